The van der Waals surface area contributed by atoms with E-state index < -0.39 is 0 Å². The van der Waals surface area contributed by atoms with E-state index in [-0.39, 0.29) is 24.6 Å². The minimum atomic E-state index is -0.388. The van der Waals surface area contributed by atoms with Gasteiger partial charge in [-0.05, 0) is 24.6 Å². The Hall–Kier alpha value is -2.86. The van der Waals surface area contributed by atoms with Crippen molar-refractivity contribution in [3.05, 3.63) is 59.3 Å². The number of hydrogen-bond donors (Lipinski definition) is 3. The second kappa shape index (κ2) is 8.01. The van der Waals surface area contributed by atoms with Crippen molar-refractivity contribution >= 4 is 22.8 Å². The molecule has 6 nitrogen and oxygen atoms in total. The molecule has 0 unspecified atom stereocenters. The number of nitrogens with two attached hydrogens (primary N) is 1. The molecular formula is C20H24N3O3+. The maximum Gasteiger partial charge on any atom is 0.337 e. The van der Waals surface area contributed by atoms with Gasteiger partial charge in [0.2, 0.25) is 0 Å². The molecule has 0 spiro atoms. The lowest BCUT2D eigenvalue weighted by Gasteiger charge is -2.22. The first-order chi connectivity index (χ1) is 12.6. The van der Waals surface area contributed by atoms with Gasteiger partial charge in [0.05, 0.1) is 24.4 Å². The minimum Gasteiger partial charge on any atom is -0.463 e. The van der Waals surface area contributed by atoms with E-state index in [0.717, 1.165) is 0 Å². The van der Waals surface area contributed by atoms with Gasteiger partial charge < -0.3 is 20.7 Å². The maximum atomic E-state index is 12.1. The van der Waals surface area contributed by atoms with E-state index in [0.29, 0.717) is 24.4 Å². The summed E-state index contributed by atoms with van der Waals surface area (Å²) >= 11 is 0. The van der Waals surface area contributed by atoms with Crippen molar-refractivity contribution in [2.24, 2.45) is 0 Å². The van der Waals surface area contributed by atoms with E-state index in [1.165, 1.54) is 16.3 Å². The highest BCUT2D eigenvalue weighted by Crippen LogP contribution is 2.22. The molecule has 0 bridgehead atoms. The largest absolute Gasteiger partial charge is 0.463 e. The molecule has 0 radical (unpaired) electrons. The molecule has 136 valence electrons. The number of amides is 2. The first kappa shape index (κ1) is 17.9. The molecule has 26 heavy (non-hydrogen) atoms. The fourth-order valence-electron chi connectivity index (χ4n) is 3.19. The zero-order valence-corrected chi connectivity index (χ0v) is 15.0. The molecule has 0 saturated carbocycles. The van der Waals surface area contributed by atoms with Crippen LogP contribution in [0.5, 0.6) is 0 Å². The summed E-state index contributed by atoms with van der Waals surface area (Å²) in [7, 11) is 0. The van der Waals surface area contributed by atoms with Gasteiger partial charge in [-0.3, -0.25) is 0 Å². The molecule has 4 N–H and O–H groups in total. The highest BCUT2D eigenvalue weighted by atomic mass is 16.5. The third kappa shape index (κ3) is 3.86. The Bertz CT molecular complexity index is 855. The van der Waals surface area contributed by atoms with Crippen LogP contribution >= 0.6 is 0 Å². The lowest BCUT2D eigenvalue weighted by molar-refractivity contribution is -0.686. The van der Waals surface area contributed by atoms with E-state index in [4.69, 9.17) is 4.74 Å². The Morgan fingerprint density at radius 1 is 1.23 bits per heavy atom. The summed E-state index contributed by atoms with van der Waals surface area (Å²) < 4.78 is 5.09. The molecule has 0 saturated heterocycles. The van der Waals surface area contributed by atoms with Crippen LogP contribution in [0.15, 0.2) is 53.7 Å². The number of carbonyl (C=O) groups is 2. The van der Waals surface area contributed by atoms with Gasteiger partial charge in [0.1, 0.15) is 12.6 Å². The number of fused-ring (bicyclic) bond motifs is 1. The normalized spacial score (nSPS) is 15.4. The standard InChI is InChI=1S/C20H23N3O3/c1-3-26-19(24)17-11-22-20(25)23-18(17)12-21-13(2)15-10-6-8-14-7-4-5-9-16(14)15/h4-10,13,21H,3,11-12H2,1-2H3,(H2,22,23,25)/p+1/t13-/m0/s1. The van der Waals surface area contributed by atoms with Crippen LogP contribution in [0.3, 0.4) is 0 Å². The average Bonchev–Trinajstić information content (AvgIpc) is 2.66. The number of quaternary nitrogens is 1. The van der Waals surface area contributed by atoms with Crippen molar-refractivity contribution in [3.8, 4) is 0 Å². The first-order valence-corrected chi connectivity index (χ1v) is 8.85. The van der Waals surface area contributed by atoms with Crippen molar-refractivity contribution in [2.75, 3.05) is 19.7 Å². The Morgan fingerprint density at radius 3 is 2.81 bits per heavy atom. The van der Waals surface area contributed by atoms with Crippen molar-refractivity contribution in [1.82, 2.24) is 10.6 Å². The zero-order chi connectivity index (χ0) is 18.5. The molecule has 0 aromatic heterocycles. The predicted molar refractivity (Wildman–Crippen MR) is 99.3 cm³/mol. The van der Waals surface area contributed by atoms with Crippen LogP contribution < -0.4 is 16.0 Å². The Morgan fingerprint density at radius 2 is 2.00 bits per heavy atom. The molecule has 6 heteroatoms. The summed E-state index contributed by atoms with van der Waals surface area (Å²) in [6.45, 7) is 4.87. The second-order valence-electron chi connectivity index (χ2n) is 6.28. The van der Waals surface area contributed by atoms with Crippen LogP contribution in [0.4, 0.5) is 4.79 Å². The number of hydrogen-bond acceptors (Lipinski definition) is 3. The monoisotopic (exact) mass is 354 g/mol. The number of ether oxygens (including phenoxy) is 1. The van der Waals surface area contributed by atoms with Crippen LogP contribution in [0, 0.1) is 0 Å². The van der Waals surface area contributed by atoms with Gasteiger partial charge in [-0.2, -0.15) is 0 Å². The molecular weight excluding hydrogens is 330 g/mol. The van der Waals surface area contributed by atoms with Crippen molar-refractivity contribution in [3.63, 3.8) is 0 Å². The lowest BCUT2D eigenvalue weighted by atomic mass is 9.99. The van der Waals surface area contributed by atoms with Crippen LogP contribution in [-0.2, 0) is 9.53 Å². The Kier molecular flexibility index (Phi) is 5.53. The number of carbonyl (C=O) groups excluding carboxylic acids is 2. The zero-order valence-electron chi connectivity index (χ0n) is 15.0. The quantitative estimate of drug-likeness (QED) is 0.689. The molecule has 0 fully saturated rings. The van der Waals surface area contributed by atoms with Crippen LogP contribution in [0.25, 0.3) is 10.8 Å². The number of esters is 1. The van der Waals surface area contributed by atoms with Gasteiger partial charge in [0, 0.05) is 5.56 Å². The maximum absolute atomic E-state index is 12.1. The number of urea groups is 1. The fraction of sp³-hybridized carbons (Fsp3) is 0.300. The summed E-state index contributed by atoms with van der Waals surface area (Å²) in [4.78, 5) is 23.8. The highest BCUT2D eigenvalue weighted by Gasteiger charge is 2.25. The molecule has 2 amide bonds. The highest BCUT2D eigenvalue weighted by molar-refractivity contribution is 5.93. The summed E-state index contributed by atoms with van der Waals surface area (Å²) in [6, 6.07) is 14.4. The van der Waals surface area contributed by atoms with Crippen molar-refractivity contribution < 1.29 is 19.6 Å². The minimum absolute atomic E-state index is 0.170. The van der Waals surface area contributed by atoms with E-state index >= 15 is 0 Å². The molecule has 0 aliphatic carbocycles. The summed E-state index contributed by atoms with van der Waals surface area (Å²) in [6.07, 6.45) is 0. The van der Waals surface area contributed by atoms with Crippen LogP contribution in [0.2, 0.25) is 0 Å². The predicted octanol–water partition coefficient (Wildman–Crippen LogP) is 1.59. The van der Waals surface area contributed by atoms with Gasteiger partial charge in [-0.25, -0.2) is 9.59 Å². The van der Waals surface area contributed by atoms with Crippen molar-refractivity contribution in [1.29, 1.82) is 0 Å². The second-order valence-corrected chi connectivity index (χ2v) is 6.28. The van der Waals surface area contributed by atoms with E-state index in [9.17, 15) is 9.59 Å². The SMILES string of the molecule is CCOC(=O)C1=C(C[NH2+][C@@H](C)c2cccc3ccccc23)NC(=O)NC1. The van der Waals surface area contributed by atoms with E-state index in [2.05, 4.69) is 53.2 Å². The number of benzene rings is 2. The van der Waals surface area contributed by atoms with Gasteiger partial charge >= 0.3 is 12.0 Å². The molecule has 3 rings (SSSR count). The lowest BCUT2D eigenvalue weighted by Crippen LogP contribution is -2.86. The molecule has 1 aliphatic heterocycles. The average molecular weight is 354 g/mol. The number of nitrogens with one attached hydrogen (secondary N) is 2. The van der Waals surface area contributed by atoms with Gasteiger partial charge in [0.15, 0.2) is 0 Å². The van der Waals surface area contributed by atoms with Gasteiger partial charge in [-0.1, -0.05) is 42.5 Å². The summed E-state index contributed by atoms with van der Waals surface area (Å²) in [5.41, 5.74) is 2.31. The molecule has 1 atom stereocenters. The molecule has 2 aromatic carbocycles. The third-order valence-electron chi connectivity index (χ3n) is 4.57. The summed E-state index contributed by atoms with van der Waals surface area (Å²) in [5.74, 6) is -0.388. The van der Waals surface area contributed by atoms with Crippen LogP contribution in [0.1, 0.15) is 25.5 Å². The van der Waals surface area contributed by atoms with Gasteiger partial charge in [0.25, 0.3) is 0 Å². The first-order valence-electron chi connectivity index (χ1n) is 8.85. The van der Waals surface area contributed by atoms with E-state index in [1.54, 1.807) is 6.92 Å². The Balaban J connectivity index is 1.79. The Labute approximate surface area is 152 Å². The fourth-order valence-corrected chi connectivity index (χ4v) is 3.19. The van der Waals surface area contributed by atoms with Gasteiger partial charge in [-0.15, -0.1) is 0 Å². The number of rotatable bonds is 6. The molecule has 1 heterocycles. The van der Waals surface area contributed by atoms with Crippen LogP contribution in [-0.4, -0.2) is 31.7 Å². The third-order valence-corrected chi connectivity index (χ3v) is 4.57. The topological polar surface area (TPSA) is 84.0 Å². The summed E-state index contributed by atoms with van der Waals surface area (Å²) in [5, 5.41) is 9.90. The van der Waals surface area contributed by atoms with E-state index in [1.807, 2.05) is 12.1 Å². The smallest absolute Gasteiger partial charge is 0.337 e. The molecule has 1 aliphatic rings. The van der Waals surface area contributed by atoms with Crippen molar-refractivity contribution in [2.45, 2.75) is 19.9 Å². The molecule has 2 aromatic rings.